The second-order valence-electron chi connectivity index (χ2n) is 6.18. The van der Waals surface area contributed by atoms with Crippen LogP contribution in [0.3, 0.4) is 0 Å². The highest BCUT2D eigenvalue weighted by Crippen LogP contribution is 2.35. The zero-order chi connectivity index (χ0) is 21.4. The molecule has 0 radical (unpaired) electrons. The lowest BCUT2D eigenvalue weighted by molar-refractivity contribution is -0.117. The van der Waals surface area contributed by atoms with Crippen molar-refractivity contribution in [2.75, 3.05) is 26.1 Å². The molecule has 1 atom stereocenters. The van der Waals surface area contributed by atoms with Crippen LogP contribution in [0.4, 0.5) is 5.69 Å². The van der Waals surface area contributed by atoms with Crippen LogP contribution in [-0.4, -0.2) is 32.8 Å². The lowest BCUT2D eigenvalue weighted by atomic mass is 9.96. The van der Waals surface area contributed by atoms with Gasteiger partial charge >= 0.3 is 0 Å². The number of rotatable bonds is 8. The number of nitrogens with two attached hydrogens (primary N) is 1. The maximum absolute atomic E-state index is 12.1. The maximum atomic E-state index is 12.1. The number of hydrogen-bond acceptors (Lipinski definition) is 6. The number of ether oxygens (including phenoxy) is 3. The van der Waals surface area contributed by atoms with Gasteiger partial charge in [-0.05, 0) is 54.8 Å². The minimum atomic E-state index is -0.673. The maximum Gasteiger partial charge on any atom is 0.241 e. The van der Waals surface area contributed by atoms with E-state index in [9.17, 15) is 10.1 Å². The van der Waals surface area contributed by atoms with Crippen LogP contribution in [0.5, 0.6) is 17.2 Å². The number of hydrogen-bond donors (Lipinski definition) is 2. The van der Waals surface area contributed by atoms with E-state index in [2.05, 4.69) is 11.4 Å². The Morgan fingerprint density at radius 3 is 2.27 bits per heavy atom. The summed E-state index contributed by atoms with van der Waals surface area (Å²) in [6, 6.07) is 12.1. The molecule has 0 unspecified atom stereocenters. The van der Waals surface area contributed by atoms with Crippen molar-refractivity contribution in [1.82, 2.24) is 0 Å². The zero-order valence-corrected chi connectivity index (χ0v) is 18.2. The van der Waals surface area contributed by atoms with Gasteiger partial charge < -0.3 is 25.3 Å². The molecular formula is C22H26ClN3O4. The summed E-state index contributed by atoms with van der Waals surface area (Å²) in [6.07, 6.45) is 1.44. The summed E-state index contributed by atoms with van der Waals surface area (Å²) in [5.74, 6) is 1.33. The van der Waals surface area contributed by atoms with Crippen LogP contribution in [0.15, 0.2) is 42.5 Å². The molecule has 2 aromatic rings. The summed E-state index contributed by atoms with van der Waals surface area (Å²) in [7, 11) is 3.08. The Hall–Kier alpha value is -3.21. The molecule has 0 saturated carbocycles. The van der Waals surface area contributed by atoms with Crippen LogP contribution in [0, 0.1) is 11.3 Å². The van der Waals surface area contributed by atoms with Crippen LogP contribution in [0.1, 0.15) is 25.0 Å². The van der Waals surface area contributed by atoms with E-state index in [0.29, 0.717) is 35.1 Å². The van der Waals surface area contributed by atoms with Crippen molar-refractivity contribution in [3.63, 3.8) is 0 Å². The Labute approximate surface area is 182 Å². The van der Waals surface area contributed by atoms with Crippen LogP contribution < -0.4 is 25.3 Å². The molecule has 0 bridgehead atoms. The van der Waals surface area contributed by atoms with Crippen molar-refractivity contribution in [3.8, 4) is 23.3 Å². The van der Waals surface area contributed by atoms with Gasteiger partial charge in [0.2, 0.25) is 5.91 Å². The predicted molar refractivity (Wildman–Crippen MR) is 119 cm³/mol. The molecule has 0 aliphatic carbocycles. The average Bonchev–Trinajstić information content (AvgIpc) is 2.72. The van der Waals surface area contributed by atoms with E-state index in [0.717, 1.165) is 11.1 Å². The number of amides is 1. The van der Waals surface area contributed by atoms with E-state index in [-0.39, 0.29) is 18.3 Å². The third-order valence-corrected chi connectivity index (χ3v) is 4.17. The standard InChI is InChI=1S/C22H25N3O4.ClH/c1-5-29-21-13-16(7-9-20(21)28-4)17(10-11-23)15-6-8-19(27-3)18(12-15)25-22(26)14(2)24;/h6-10,12-14H,5,24H2,1-4H3,(H,25,26);1H/t14-;/m0./s1. The Balaban J connectivity index is 0.00000450. The number of benzene rings is 2. The zero-order valence-electron chi connectivity index (χ0n) is 17.4. The van der Waals surface area contributed by atoms with E-state index in [4.69, 9.17) is 19.9 Å². The molecule has 0 spiro atoms. The Morgan fingerprint density at radius 2 is 1.73 bits per heavy atom. The second-order valence-corrected chi connectivity index (χ2v) is 6.18. The number of nitrogens with one attached hydrogen (secondary N) is 1. The highest BCUT2D eigenvalue weighted by Gasteiger charge is 2.15. The molecule has 30 heavy (non-hydrogen) atoms. The second kappa shape index (κ2) is 11.7. The van der Waals surface area contributed by atoms with Crippen LogP contribution in [0.2, 0.25) is 0 Å². The highest BCUT2D eigenvalue weighted by atomic mass is 35.5. The number of carbonyl (C=O) groups is 1. The third kappa shape index (κ3) is 5.89. The SMILES string of the molecule is CCOc1cc(C(=CC#N)c2ccc(OC)c(NC(=O)[C@H](C)N)c2)ccc1OC.Cl. The lowest BCUT2D eigenvalue weighted by Gasteiger charge is -2.16. The van der Waals surface area contributed by atoms with Gasteiger partial charge in [-0.1, -0.05) is 12.1 Å². The molecule has 0 heterocycles. The van der Waals surface area contributed by atoms with E-state index < -0.39 is 6.04 Å². The number of methoxy groups -OCH3 is 2. The van der Waals surface area contributed by atoms with Crippen molar-refractivity contribution < 1.29 is 19.0 Å². The monoisotopic (exact) mass is 431 g/mol. The van der Waals surface area contributed by atoms with Crippen molar-refractivity contribution in [2.24, 2.45) is 5.73 Å². The fourth-order valence-electron chi connectivity index (χ4n) is 2.73. The number of nitriles is 1. The van der Waals surface area contributed by atoms with Crippen molar-refractivity contribution in [1.29, 1.82) is 5.26 Å². The highest BCUT2D eigenvalue weighted by molar-refractivity contribution is 5.96. The number of halogens is 1. The summed E-state index contributed by atoms with van der Waals surface area (Å²) in [6.45, 7) is 3.96. The first-order valence-corrected chi connectivity index (χ1v) is 9.11. The minimum Gasteiger partial charge on any atom is -0.495 e. The number of carbonyl (C=O) groups excluding carboxylic acids is 1. The Bertz CT molecular complexity index is 952. The average molecular weight is 432 g/mol. The van der Waals surface area contributed by atoms with Gasteiger partial charge in [-0.15, -0.1) is 12.4 Å². The van der Waals surface area contributed by atoms with Crippen LogP contribution >= 0.6 is 12.4 Å². The fraction of sp³-hybridized carbons (Fsp3) is 0.273. The van der Waals surface area contributed by atoms with Crippen molar-refractivity contribution in [2.45, 2.75) is 19.9 Å². The fourth-order valence-corrected chi connectivity index (χ4v) is 2.73. The molecule has 2 rings (SSSR count). The minimum absolute atomic E-state index is 0. The first-order chi connectivity index (χ1) is 13.9. The predicted octanol–water partition coefficient (Wildman–Crippen LogP) is 3.77. The van der Waals surface area contributed by atoms with Gasteiger partial charge in [0.05, 0.1) is 38.6 Å². The Kier molecular flexibility index (Phi) is 9.69. The van der Waals surface area contributed by atoms with Crippen LogP contribution in [-0.2, 0) is 4.79 Å². The topological polar surface area (TPSA) is 107 Å². The first-order valence-electron chi connectivity index (χ1n) is 9.11. The molecule has 8 heteroatoms. The molecule has 0 aliphatic heterocycles. The number of nitrogens with zero attached hydrogens (tertiary/aromatic N) is 1. The molecule has 0 fully saturated rings. The summed E-state index contributed by atoms with van der Waals surface area (Å²) in [5.41, 5.74) is 8.27. The first kappa shape index (κ1) is 24.8. The summed E-state index contributed by atoms with van der Waals surface area (Å²) >= 11 is 0. The van der Waals surface area contributed by atoms with Gasteiger partial charge in [0.15, 0.2) is 11.5 Å². The summed E-state index contributed by atoms with van der Waals surface area (Å²) in [5, 5.41) is 12.1. The van der Waals surface area contributed by atoms with Gasteiger partial charge in [0.1, 0.15) is 5.75 Å². The van der Waals surface area contributed by atoms with E-state index in [1.54, 1.807) is 32.2 Å². The van der Waals surface area contributed by atoms with E-state index in [1.165, 1.54) is 13.2 Å². The van der Waals surface area contributed by atoms with Gasteiger partial charge in [-0.3, -0.25) is 4.79 Å². The smallest absolute Gasteiger partial charge is 0.241 e. The van der Waals surface area contributed by atoms with Gasteiger partial charge in [-0.25, -0.2) is 0 Å². The molecule has 2 aromatic carbocycles. The van der Waals surface area contributed by atoms with Crippen LogP contribution in [0.25, 0.3) is 5.57 Å². The number of allylic oxidation sites excluding steroid dienone is 1. The molecule has 7 nitrogen and oxygen atoms in total. The molecule has 0 aromatic heterocycles. The van der Waals surface area contributed by atoms with Gasteiger partial charge in [0.25, 0.3) is 0 Å². The molecule has 3 N–H and O–H groups in total. The molecule has 1 amide bonds. The Morgan fingerprint density at radius 1 is 1.13 bits per heavy atom. The summed E-state index contributed by atoms with van der Waals surface area (Å²) in [4.78, 5) is 12.1. The lowest BCUT2D eigenvalue weighted by Crippen LogP contribution is -2.32. The van der Waals surface area contributed by atoms with E-state index in [1.807, 2.05) is 25.1 Å². The largest absolute Gasteiger partial charge is 0.495 e. The number of anilines is 1. The molecule has 0 saturated heterocycles. The van der Waals surface area contributed by atoms with Crippen molar-refractivity contribution in [3.05, 3.63) is 53.6 Å². The molecular weight excluding hydrogens is 406 g/mol. The quantitative estimate of drug-likeness (QED) is 0.616. The van der Waals surface area contributed by atoms with Crippen molar-refractivity contribution >= 4 is 29.6 Å². The molecule has 0 aliphatic rings. The van der Waals surface area contributed by atoms with Gasteiger partial charge in [0, 0.05) is 6.08 Å². The van der Waals surface area contributed by atoms with E-state index >= 15 is 0 Å². The normalized spacial score (nSPS) is 11.5. The summed E-state index contributed by atoms with van der Waals surface area (Å²) < 4.78 is 16.3. The molecule has 160 valence electrons. The van der Waals surface area contributed by atoms with Gasteiger partial charge in [-0.2, -0.15) is 5.26 Å². The third-order valence-electron chi connectivity index (χ3n) is 4.17.